The molecule has 0 radical (unpaired) electrons. The minimum Gasteiger partial charge on any atom is -0.492 e. The van der Waals surface area contributed by atoms with Crippen LogP contribution in [0, 0.1) is 11.8 Å². The van der Waals surface area contributed by atoms with E-state index in [4.69, 9.17) is 24.5 Å². The van der Waals surface area contributed by atoms with E-state index in [0.717, 1.165) is 125 Å². The van der Waals surface area contributed by atoms with Gasteiger partial charge in [0.2, 0.25) is 11.9 Å². The fourth-order valence-corrected chi connectivity index (χ4v) is 9.49. The molecule has 2 aliphatic heterocycles. The van der Waals surface area contributed by atoms with E-state index in [2.05, 4.69) is 64.5 Å². The Hall–Kier alpha value is -7.16. The Balaban J connectivity index is 0.000000184. The number of hydrogen-bond donors (Lipinski definition) is 6. The average molecular weight is 995 g/mol. The van der Waals surface area contributed by atoms with Gasteiger partial charge < -0.3 is 46.1 Å². The Bertz CT molecular complexity index is 2980. The molecule has 0 bridgehead atoms. The third-order valence-corrected chi connectivity index (χ3v) is 13.8. The molecule has 2 saturated heterocycles. The Morgan fingerprint density at radius 3 is 1.49 bits per heavy atom. The van der Waals surface area contributed by atoms with E-state index < -0.39 is 0 Å². The van der Waals surface area contributed by atoms with Crippen molar-refractivity contribution < 1.29 is 24.2 Å². The number of amides is 2. The quantitative estimate of drug-likeness (QED) is 0.0603. The number of hydrogen-bond acceptors (Lipinski definition) is 17. The zero-order valence-electron chi connectivity index (χ0n) is 40.1. The van der Waals surface area contributed by atoms with Crippen LogP contribution in [0.3, 0.4) is 0 Å². The van der Waals surface area contributed by atoms with E-state index >= 15 is 0 Å². The van der Waals surface area contributed by atoms with Crippen molar-refractivity contribution in [2.45, 2.75) is 25.7 Å². The number of nitrogens with one attached hydrogen (secondary N) is 5. The van der Waals surface area contributed by atoms with Crippen molar-refractivity contribution in [3.8, 4) is 32.6 Å². The lowest BCUT2D eigenvalue weighted by Crippen LogP contribution is -2.32. The summed E-state index contributed by atoms with van der Waals surface area (Å²) in [6.45, 7) is 5.66. The van der Waals surface area contributed by atoms with E-state index in [9.17, 15) is 9.59 Å². The molecule has 71 heavy (non-hydrogen) atoms. The van der Waals surface area contributed by atoms with Crippen molar-refractivity contribution in [3.05, 3.63) is 119 Å². The fourth-order valence-electron chi connectivity index (χ4n) is 8.17. The lowest BCUT2D eigenvalue weighted by atomic mass is 9.98. The summed E-state index contributed by atoms with van der Waals surface area (Å²) >= 11 is 3.18. The molecule has 0 atom stereocenters. The first-order valence-electron chi connectivity index (χ1n) is 23.5. The second-order valence-electron chi connectivity index (χ2n) is 17.0. The number of benzene rings is 4. The number of nitrogens with zero attached hydrogens (tertiary/aromatic N) is 7. The van der Waals surface area contributed by atoms with Crippen LogP contribution in [0.25, 0.3) is 42.9 Å². The van der Waals surface area contributed by atoms with Crippen LogP contribution in [0.1, 0.15) is 46.4 Å². The van der Waals surface area contributed by atoms with Crippen LogP contribution in [-0.2, 0) is 0 Å². The van der Waals surface area contributed by atoms with E-state index in [1.54, 1.807) is 79.6 Å². The molecule has 2 fully saturated rings. The number of rotatable bonds is 14. The lowest BCUT2D eigenvalue weighted by Gasteiger charge is -2.29. The molecule has 6 heterocycles. The second-order valence-corrected chi connectivity index (χ2v) is 18.8. The number of aliphatic hydroxyl groups is 1. The van der Waals surface area contributed by atoms with Crippen molar-refractivity contribution in [1.82, 2.24) is 50.8 Å². The van der Waals surface area contributed by atoms with Gasteiger partial charge in [0.05, 0.1) is 35.4 Å². The van der Waals surface area contributed by atoms with Crippen molar-refractivity contribution in [2.24, 2.45) is 11.8 Å². The molecule has 0 spiro atoms. The number of thiazole rings is 2. The van der Waals surface area contributed by atoms with Crippen LogP contribution in [-0.4, -0.2) is 119 Å². The first kappa shape index (κ1) is 50.2. The van der Waals surface area contributed by atoms with Gasteiger partial charge in [-0.1, -0.05) is 0 Å². The highest BCUT2D eigenvalue weighted by Crippen LogP contribution is 2.37. The Kier molecular flexibility index (Phi) is 17.4. The van der Waals surface area contributed by atoms with Gasteiger partial charge in [-0.25, -0.2) is 29.9 Å². The number of anilines is 4. The van der Waals surface area contributed by atoms with E-state index in [0.29, 0.717) is 48.1 Å². The third kappa shape index (κ3) is 13.2. The number of aromatic nitrogens is 6. The summed E-state index contributed by atoms with van der Waals surface area (Å²) < 4.78 is 12.7. The first-order chi connectivity index (χ1) is 34.8. The first-order valence-corrected chi connectivity index (χ1v) is 25.2. The maximum Gasteiger partial charge on any atom is 0.251 e. The topological polar surface area (TPSA) is 214 Å². The van der Waals surface area contributed by atoms with Crippen LogP contribution >= 0.6 is 22.7 Å². The van der Waals surface area contributed by atoms with Gasteiger partial charge in [0.15, 0.2) is 0 Å². The van der Waals surface area contributed by atoms with Gasteiger partial charge in [-0.15, -0.1) is 22.7 Å². The summed E-state index contributed by atoms with van der Waals surface area (Å²) in [5, 5.41) is 29.7. The van der Waals surface area contributed by atoms with Crippen molar-refractivity contribution in [3.63, 3.8) is 0 Å². The van der Waals surface area contributed by atoms with E-state index in [-0.39, 0.29) is 11.8 Å². The molecule has 8 aromatic rings. The normalized spacial score (nSPS) is 14.1. The number of carbonyl (C=O) groups excluding carboxylic acids is 2. The number of ether oxygens (including phenoxy) is 2. The number of fused-ring (bicyclic) bond motifs is 2. The molecule has 6 N–H and O–H groups in total. The number of likely N-dealkylation sites (tertiary alicyclic amines) is 1. The molecule has 10 rings (SSSR count). The monoisotopic (exact) mass is 994 g/mol. The molecule has 17 nitrogen and oxygen atoms in total. The molecule has 4 aromatic heterocycles. The zero-order chi connectivity index (χ0) is 49.5. The maximum atomic E-state index is 11.8. The Labute approximate surface area is 420 Å². The molecule has 0 unspecified atom stereocenters. The number of aliphatic hydroxyl groups excluding tert-OH is 1. The van der Waals surface area contributed by atoms with E-state index in [1.165, 1.54) is 0 Å². The number of piperidine rings is 2. The van der Waals surface area contributed by atoms with Gasteiger partial charge in [0.25, 0.3) is 11.8 Å². The summed E-state index contributed by atoms with van der Waals surface area (Å²) in [7, 11) is 6.40. The molecule has 2 amide bonds. The molecular weight excluding hydrogens is 937 g/mol. The highest BCUT2D eigenvalue weighted by Gasteiger charge is 2.21. The van der Waals surface area contributed by atoms with Crippen LogP contribution in [0.4, 0.5) is 23.3 Å². The van der Waals surface area contributed by atoms with Crippen molar-refractivity contribution >= 4 is 79.6 Å². The van der Waals surface area contributed by atoms with Crippen LogP contribution in [0.2, 0.25) is 0 Å². The van der Waals surface area contributed by atoms with Crippen LogP contribution < -0.4 is 36.1 Å². The largest absolute Gasteiger partial charge is 0.492 e. The molecule has 0 aliphatic carbocycles. The Morgan fingerprint density at radius 2 is 1.08 bits per heavy atom. The summed E-state index contributed by atoms with van der Waals surface area (Å²) in [6.07, 6.45) is 11.8. The highest BCUT2D eigenvalue weighted by molar-refractivity contribution is 7.13. The number of carbonyl (C=O) groups is 2. The summed E-state index contributed by atoms with van der Waals surface area (Å²) in [5.74, 6) is 3.39. The SMILES string of the molecule is CNC(=O)c1ccc(Nc2ncc3cc(-c4nccs4)c(OCC4CCN(C)CC4)cc3n2)cc1.CNC(=O)c1ccc(Nc2ncc3cc(-c4nccs4)c(OCC4CCNCC4)cc3n2)cc1.CO. The molecule has 368 valence electrons. The van der Waals surface area contributed by atoms with Crippen molar-refractivity contribution in [1.29, 1.82) is 0 Å². The molecular formula is C52H58N12O5S2. The van der Waals surface area contributed by atoms with Gasteiger partial charge in [-0.3, -0.25) is 9.59 Å². The van der Waals surface area contributed by atoms with Gasteiger partial charge in [-0.2, -0.15) is 0 Å². The lowest BCUT2D eigenvalue weighted by molar-refractivity contribution is 0.0955. The van der Waals surface area contributed by atoms with Gasteiger partial charge >= 0.3 is 0 Å². The predicted octanol–water partition coefficient (Wildman–Crippen LogP) is 8.42. The minimum absolute atomic E-state index is 0.123. The minimum atomic E-state index is -0.124. The van der Waals surface area contributed by atoms with Gasteiger partial charge in [-0.05, 0) is 131 Å². The molecule has 19 heteroatoms. The maximum absolute atomic E-state index is 11.8. The molecule has 2 aliphatic rings. The summed E-state index contributed by atoms with van der Waals surface area (Å²) in [6, 6.07) is 22.4. The third-order valence-electron chi connectivity index (χ3n) is 12.2. The summed E-state index contributed by atoms with van der Waals surface area (Å²) in [4.78, 5) is 53.3. The van der Waals surface area contributed by atoms with Gasteiger partial charge in [0.1, 0.15) is 21.5 Å². The fraction of sp³-hybridized carbons (Fsp3) is 0.308. The molecule has 0 saturated carbocycles. The standard InChI is InChI=1S/C26H28N6O2S.C25H26N6O2S.CH4O/c1-27-24(33)18-3-5-20(6-4-18)30-26-29-15-19-13-21(25-28-9-12-35-25)23(14-22(19)31-26)34-16-17-7-10-32(2)11-8-17;1-26-23(32)17-2-4-19(5-3-17)30-25-29-14-18-12-20(24-28-10-11-34-24)22(13-21(18)31-25)33-15-16-6-8-27-9-7-16;1-2/h3-6,9,12-15,17H,7-8,10-11,16H2,1-2H3,(H,27,33)(H,29,30,31);2-5,10-14,16,27H,6-9,15H2,1H3,(H,26,32)(H,29,30,31);2H,1H3. The Morgan fingerprint density at radius 1 is 0.648 bits per heavy atom. The smallest absolute Gasteiger partial charge is 0.251 e. The second kappa shape index (κ2) is 24.6. The predicted molar refractivity (Wildman–Crippen MR) is 282 cm³/mol. The van der Waals surface area contributed by atoms with Gasteiger partial charge in [0, 0.05) is 102 Å². The van der Waals surface area contributed by atoms with Crippen LogP contribution in [0.15, 0.2) is 108 Å². The molecule has 4 aromatic carbocycles. The highest BCUT2D eigenvalue weighted by atomic mass is 32.1. The van der Waals surface area contributed by atoms with Crippen molar-refractivity contribution in [2.75, 3.05) is 78.3 Å². The van der Waals surface area contributed by atoms with Crippen LogP contribution in [0.5, 0.6) is 11.5 Å². The zero-order valence-corrected chi connectivity index (χ0v) is 41.8. The average Bonchev–Trinajstić information content (AvgIpc) is 4.17. The summed E-state index contributed by atoms with van der Waals surface area (Å²) in [5.41, 5.74) is 6.31. The van der Waals surface area contributed by atoms with E-state index in [1.807, 2.05) is 59.4 Å².